The summed E-state index contributed by atoms with van der Waals surface area (Å²) in [4.78, 5) is 11.7. The van der Waals surface area contributed by atoms with E-state index in [0.717, 1.165) is 0 Å². The van der Waals surface area contributed by atoms with Gasteiger partial charge in [-0.3, -0.25) is 4.79 Å². The summed E-state index contributed by atoms with van der Waals surface area (Å²) in [6, 6.07) is 7.07. The van der Waals surface area contributed by atoms with Gasteiger partial charge in [0, 0.05) is 23.9 Å². The molecule has 1 aromatic rings. The Morgan fingerprint density at radius 2 is 2.16 bits per heavy atom. The van der Waals surface area contributed by atoms with Crippen LogP contribution in [-0.2, 0) is 9.53 Å². The van der Waals surface area contributed by atoms with Gasteiger partial charge in [-0.05, 0) is 39.0 Å². The van der Waals surface area contributed by atoms with Crippen LogP contribution in [0.1, 0.15) is 20.8 Å². The predicted octanol–water partition coefficient (Wildman–Crippen LogP) is 2.68. The zero-order valence-corrected chi connectivity index (χ0v) is 12.4. The second kappa shape index (κ2) is 7.48. The Morgan fingerprint density at radius 3 is 2.79 bits per heavy atom. The van der Waals surface area contributed by atoms with E-state index in [1.807, 2.05) is 20.8 Å². The van der Waals surface area contributed by atoms with Gasteiger partial charge in [0.2, 0.25) is 5.91 Å². The molecular formula is C14H21ClN2O2. The Labute approximate surface area is 119 Å². The monoisotopic (exact) mass is 284 g/mol. The third-order valence-corrected chi connectivity index (χ3v) is 2.71. The van der Waals surface area contributed by atoms with Crippen LogP contribution in [0.5, 0.6) is 0 Å². The van der Waals surface area contributed by atoms with Crippen LogP contribution in [0, 0.1) is 0 Å². The van der Waals surface area contributed by atoms with Crippen molar-refractivity contribution in [2.75, 3.05) is 25.0 Å². The van der Waals surface area contributed by atoms with Crippen molar-refractivity contribution in [3.05, 3.63) is 29.3 Å². The van der Waals surface area contributed by atoms with Crippen molar-refractivity contribution < 1.29 is 9.53 Å². The van der Waals surface area contributed by atoms with Gasteiger partial charge in [-0.15, -0.1) is 0 Å². The van der Waals surface area contributed by atoms with E-state index in [1.54, 1.807) is 24.3 Å². The van der Waals surface area contributed by atoms with E-state index in [2.05, 4.69) is 10.6 Å². The van der Waals surface area contributed by atoms with Gasteiger partial charge in [0.15, 0.2) is 0 Å². The van der Waals surface area contributed by atoms with Crippen LogP contribution in [0.4, 0.5) is 5.69 Å². The van der Waals surface area contributed by atoms with Crippen LogP contribution >= 0.6 is 11.6 Å². The first-order chi connectivity index (χ1) is 8.93. The molecule has 1 amide bonds. The van der Waals surface area contributed by atoms with Crippen molar-refractivity contribution in [2.24, 2.45) is 0 Å². The van der Waals surface area contributed by atoms with Gasteiger partial charge in [-0.2, -0.15) is 0 Å². The van der Waals surface area contributed by atoms with Crippen LogP contribution in [0.25, 0.3) is 0 Å². The normalized spacial score (nSPS) is 11.4. The molecule has 0 aliphatic rings. The molecule has 5 heteroatoms. The van der Waals surface area contributed by atoms with Gasteiger partial charge in [0.1, 0.15) is 0 Å². The van der Waals surface area contributed by atoms with Crippen molar-refractivity contribution in [1.82, 2.24) is 5.32 Å². The van der Waals surface area contributed by atoms with Crippen molar-refractivity contribution in [2.45, 2.75) is 26.4 Å². The molecule has 0 aromatic heterocycles. The molecule has 0 radical (unpaired) electrons. The Hall–Kier alpha value is -1.10. The number of hydrogen-bond acceptors (Lipinski definition) is 3. The number of hydrogen-bond donors (Lipinski definition) is 2. The third kappa shape index (κ3) is 6.57. The number of ether oxygens (including phenoxy) is 1. The van der Waals surface area contributed by atoms with Crippen LogP contribution < -0.4 is 10.6 Å². The first-order valence-electron chi connectivity index (χ1n) is 6.33. The predicted molar refractivity (Wildman–Crippen MR) is 78.7 cm³/mol. The molecule has 0 unspecified atom stereocenters. The van der Waals surface area contributed by atoms with E-state index < -0.39 is 0 Å². The summed E-state index contributed by atoms with van der Waals surface area (Å²) >= 11 is 5.84. The summed E-state index contributed by atoms with van der Waals surface area (Å²) in [5.41, 5.74) is 0.425. The van der Waals surface area contributed by atoms with Crippen molar-refractivity contribution in [1.29, 1.82) is 0 Å². The van der Waals surface area contributed by atoms with E-state index in [4.69, 9.17) is 16.3 Å². The number of amides is 1. The van der Waals surface area contributed by atoms with Crippen LogP contribution in [0.2, 0.25) is 5.02 Å². The molecule has 1 aromatic carbocycles. The van der Waals surface area contributed by atoms with Gasteiger partial charge >= 0.3 is 0 Å². The lowest BCUT2D eigenvalue weighted by Gasteiger charge is -2.24. The molecule has 0 saturated heterocycles. The number of halogens is 1. The SMILES string of the molecule is CCOC(C)(C)CNCC(=O)Nc1cccc(Cl)c1. The number of anilines is 1. The summed E-state index contributed by atoms with van der Waals surface area (Å²) < 4.78 is 5.53. The molecule has 0 fully saturated rings. The summed E-state index contributed by atoms with van der Waals surface area (Å²) in [6.45, 7) is 7.43. The number of rotatable bonds is 7. The maximum absolute atomic E-state index is 11.7. The standard InChI is InChI=1S/C14H21ClN2O2/c1-4-19-14(2,3)10-16-9-13(18)17-12-7-5-6-11(15)8-12/h5-8,16H,4,9-10H2,1-3H3,(H,17,18). The van der Waals surface area contributed by atoms with Crippen molar-refractivity contribution in [3.63, 3.8) is 0 Å². The van der Waals surface area contributed by atoms with E-state index in [1.165, 1.54) is 0 Å². The molecule has 106 valence electrons. The minimum Gasteiger partial charge on any atom is -0.375 e. The zero-order chi connectivity index (χ0) is 14.3. The zero-order valence-electron chi connectivity index (χ0n) is 11.6. The summed E-state index contributed by atoms with van der Waals surface area (Å²) in [5.74, 6) is -0.102. The van der Waals surface area contributed by atoms with E-state index in [0.29, 0.717) is 23.9 Å². The minimum atomic E-state index is -0.273. The molecule has 4 nitrogen and oxygen atoms in total. The third-order valence-electron chi connectivity index (χ3n) is 2.48. The van der Waals surface area contributed by atoms with Crippen LogP contribution in [-0.4, -0.2) is 31.2 Å². The fraction of sp³-hybridized carbons (Fsp3) is 0.500. The maximum Gasteiger partial charge on any atom is 0.238 e. The number of carbonyl (C=O) groups excluding carboxylic acids is 1. The summed E-state index contributed by atoms with van der Waals surface area (Å²) in [6.07, 6.45) is 0. The van der Waals surface area contributed by atoms with Gasteiger partial charge < -0.3 is 15.4 Å². The Kier molecular flexibility index (Phi) is 6.28. The van der Waals surface area contributed by atoms with E-state index >= 15 is 0 Å². The quantitative estimate of drug-likeness (QED) is 0.809. The smallest absolute Gasteiger partial charge is 0.238 e. The molecule has 0 aliphatic heterocycles. The second-order valence-corrected chi connectivity index (χ2v) is 5.29. The first-order valence-corrected chi connectivity index (χ1v) is 6.71. The topological polar surface area (TPSA) is 50.4 Å². The summed E-state index contributed by atoms with van der Waals surface area (Å²) in [7, 11) is 0. The highest BCUT2D eigenvalue weighted by Gasteiger charge is 2.17. The molecule has 0 saturated carbocycles. The maximum atomic E-state index is 11.7. The Bertz CT molecular complexity index is 422. The average Bonchev–Trinajstić information content (AvgIpc) is 2.28. The highest BCUT2D eigenvalue weighted by Crippen LogP contribution is 2.14. The molecule has 0 atom stereocenters. The van der Waals surface area contributed by atoms with E-state index in [-0.39, 0.29) is 18.1 Å². The molecule has 1 rings (SSSR count). The highest BCUT2D eigenvalue weighted by molar-refractivity contribution is 6.30. The highest BCUT2D eigenvalue weighted by atomic mass is 35.5. The fourth-order valence-corrected chi connectivity index (χ4v) is 1.88. The van der Waals surface area contributed by atoms with Crippen molar-refractivity contribution >= 4 is 23.2 Å². The molecule has 0 bridgehead atoms. The molecule has 0 spiro atoms. The fourth-order valence-electron chi connectivity index (χ4n) is 1.69. The lowest BCUT2D eigenvalue weighted by molar-refractivity contribution is -0.115. The molecule has 19 heavy (non-hydrogen) atoms. The number of benzene rings is 1. The lowest BCUT2D eigenvalue weighted by Crippen LogP contribution is -2.40. The largest absolute Gasteiger partial charge is 0.375 e. The Balaban J connectivity index is 2.32. The van der Waals surface area contributed by atoms with Crippen LogP contribution in [0.15, 0.2) is 24.3 Å². The van der Waals surface area contributed by atoms with Gasteiger partial charge in [0.05, 0.1) is 12.1 Å². The van der Waals surface area contributed by atoms with Crippen LogP contribution in [0.3, 0.4) is 0 Å². The Morgan fingerprint density at radius 1 is 1.42 bits per heavy atom. The van der Waals surface area contributed by atoms with Gasteiger partial charge in [0.25, 0.3) is 0 Å². The minimum absolute atomic E-state index is 0.102. The molecule has 2 N–H and O–H groups in total. The summed E-state index contributed by atoms with van der Waals surface area (Å²) in [5, 5.41) is 6.45. The second-order valence-electron chi connectivity index (χ2n) is 4.85. The van der Waals surface area contributed by atoms with Gasteiger partial charge in [-0.25, -0.2) is 0 Å². The number of nitrogens with one attached hydrogen (secondary N) is 2. The molecule has 0 heterocycles. The number of carbonyl (C=O) groups is 1. The lowest BCUT2D eigenvalue weighted by atomic mass is 10.1. The first kappa shape index (κ1) is 16.0. The van der Waals surface area contributed by atoms with Crippen molar-refractivity contribution in [3.8, 4) is 0 Å². The molecular weight excluding hydrogens is 264 g/mol. The average molecular weight is 285 g/mol. The molecule has 0 aliphatic carbocycles. The van der Waals surface area contributed by atoms with E-state index in [9.17, 15) is 4.79 Å². The van der Waals surface area contributed by atoms with Gasteiger partial charge in [-0.1, -0.05) is 17.7 Å².